The zero-order valence-electron chi connectivity index (χ0n) is 9.76. The van der Waals surface area contributed by atoms with Gasteiger partial charge < -0.3 is 4.42 Å². The Kier molecular flexibility index (Phi) is 2.79. The maximum Gasteiger partial charge on any atom is 0.336 e. The number of rotatable bonds is 2. The van der Waals surface area contributed by atoms with Gasteiger partial charge in [0.2, 0.25) is 5.91 Å². The van der Waals surface area contributed by atoms with Crippen LogP contribution in [0.2, 0.25) is 0 Å². The molecule has 0 aliphatic carbocycles. The molecule has 19 heavy (non-hydrogen) atoms. The van der Waals surface area contributed by atoms with E-state index in [4.69, 9.17) is 4.42 Å². The Labute approximate surface area is 111 Å². The average Bonchev–Trinajstić information content (AvgIpc) is 2.79. The quantitative estimate of drug-likeness (QED) is 0.833. The van der Waals surface area contributed by atoms with E-state index in [2.05, 4.69) is 5.32 Å². The number of carbonyl (C=O) groups is 2. The zero-order chi connectivity index (χ0) is 13.4. The number of nitrogens with one attached hydrogen (secondary N) is 1. The molecule has 0 fully saturated rings. The number of hydrogen-bond donors (Lipinski definition) is 1. The van der Waals surface area contributed by atoms with Gasteiger partial charge in [-0.2, -0.15) is 11.3 Å². The maximum absolute atomic E-state index is 11.9. The molecule has 96 valence electrons. The van der Waals surface area contributed by atoms with Gasteiger partial charge in [-0.15, -0.1) is 0 Å². The molecular formula is C13H9NO4S. The van der Waals surface area contributed by atoms with Crippen LogP contribution in [0.1, 0.15) is 27.2 Å². The fourth-order valence-corrected chi connectivity index (χ4v) is 2.79. The van der Waals surface area contributed by atoms with Crippen LogP contribution in [0.5, 0.6) is 0 Å². The van der Waals surface area contributed by atoms with Crippen molar-refractivity contribution >= 4 is 23.2 Å². The maximum atomic E-state index is 11.9. The summed E-state index contributed by atoms with van der Waals surface area (Å²) in [7, 11) is 0. The summed E-state index contributed by atoms with van der Waals surface area (Å²) in [5.41, 5.74) is 1.38. The highest BCUT2D eigenvalue weighted by molar-refractivity contribution is 7.07. The van der Waals surface area contributed by atoms with Gasteiger partial charge >= 0.3 is 5.63 Å². The highest BCUT2D eigenvalue weighted by Crippen LogP contribution is 2.21. The van der Waals surface area contributed by atoms with Crippen molar-refractivity contribution in [2.24, 2.45) is 0 Å². The molecule has 0 aromatic carbocycles. The molecule has 0 saturated carbocycles. The summed E-state index contributed by atoms with van der Waals surface area (Å²) < 4.78 is 4.97. The number of imide groups is 1. The van der Waals surface area contributed by atoms with Crippen LogP contribution in [0.4, 0.5) is 0 Å². The molecule has 0 saturated heterocycles. The second-order valence-electron chi connectivity index (χ2n) is 4.25. The van der Waals surface area contributed by atoms with E-state index in [1.807, 2.05) is 16.8 Å². The third kappa shape index (κ3) is 2.22. The minimum atomic E-state index is -0.536. The lowest BCUT2D eigenvalue weighted by Crippen LogP contribution is -2.38. The van der Waals surface area contributed by atoms with Crippen molar-refractivity contribution in [3.8, 4) is 0 Å². The van der Waals surface area contributed by atoms with Gasteiger partial charge in [-0.05, 0) is 34.4 Å². The van der Waals surface area contributed by atoms with E-state index in [0.717, 1.165) is 5.56 Å². The van der Waals surface area contributed by atoms with Crippen molar-refractivity contribution in [1.82, 2.24) is 5.32 Å². The van der Waals surface area contributed by atoms with Crippen LogP contribution in [0.3, 0.4) is 0 Å². The van der Waals surface area contributed by atoms with E-state index < -0.39 is 17.4 Å². The molecule has 1 aliphatic rings. The molecule has 5 nitrogen and oxygen atoms in total. The normalized spacial score (nSPS) is 14.1. The van der Waals surface area contributed by atoms with Gasteiger partial charge in [0, 0.05) is 6.07 Å². The summed E-state index contributed by atoms with van der Waals surface area (Å²) in [4.78, 5) is 34.6. The van der Waals surface area contributed by atoms with Crippen LogP contribution in [0, 0.1) is 0 Å². The Morgan fingerprint density at radius 2 is 2.16 bits per heavy atom. The molecule has 2 amide bonds. The minimum Gasteiger partial charge on any atom is -0.426 e. The highest BCUT2D eigenvalue weighted by Gasteiger charge is 2.28. The number of amides is 2. The Hall–Kier alpha value is -2.21. The van der Waals surface area contributed by atoms with E-state index in [-0.39, 0.29) is 12.2 Å². The Morgan fingerprint density at radius 3 is 2.89 bits per heavy atom. The molecule has 2 aromatic heterocycles. The summed E-state index contributed by atoms with van der Waals surface area (Å²) in [5.74, 6) is -0.792. The van der Waals surface area contributed by atoms with Crippen molar-refractivity contribution in [3.05, 3.63) is 55.8 Å². The van der Waals surface area contributed by atoms with E-state index >= 15 is 0 Å². The second-order valence-corrected chi connectivity index (χ2v) is 5.03. The summed E-state index contributed by atoms with van der Waals surface area (Å²) in [5, 5.41) is 6.12. The molecule has 0 unspecified atom stereocenters. The second kappa shape index (κ2) is 4.47. The third-order valence-electron chi connectivity index (χ3n) is 2.89. The van der Waals surface area contributed by atoms with Crippen molar-refractivity contribution in [2.45, 2.75) is 12.8 Å². The van der Waals surface area contributed by atoms with Crippen LogP contribution in [-0.2, 0) is 17.6 Å². The Morgan fingerprint density at radius 1 is 1.32 bits per heavy atom. The molecule has 0 spiro atoms. The van der Waals surface area contributed by atoms with Gasteiger partial charge in [-0.25, -0.2) is 4.79 Å². The molecule has 2 aromatic rings. The van der Waals surface area contributed by atoms with Crippen LogP contribution in [0.25, 0.3) is 0 Å². The van der Waals surface area contributed by atoms with Crippen LogP contribution in [0.15, 0.2) is 32.1 Å². The molecule has 1 N–H and O–H groups in total. The van der Waals surface area contributed by atoms with Crippen LogP contribution < -0.4 is 10.9 Å². The molecule has 3 heterocycles. The lowest BCUT2D eigenvalue weighted by Gasteiger charge is -2.16. The first kappa shape index (κ1) is 11.9. The fraction of sp³-hybridized carbons (Fsp3) is 0.154. The third-order valence-corrected chi connectivity index (χ3v) is 3.62. The van der Waals surface area contributed by atoms with Crippen LogP contribution in [-0.4, -0.2) is 11.8 Å². The SMILES string of the molecule is O=C1Cc2oc(=O)cc(Cc3ccsc3)c2C(=O)N1. The fourth-order valence-electron chi connectivity index (χ4n) is 2.12. The number of fused-ring (bicyclic) bond motifs is 1. The smallest absolute Gasteiger partial charge is 0.336 e. The first-order valence-corrected chi connectivity index (χ1v) is 6.59. The predicted octanol–water partition coefficient (Wildman–Crippen LogP) is 1.10. The average molecular weight is 275 g/mol. The zero-order valence-corrected chi connectivity index (χ0v) is 10.6. The van der Waals surface area contributed by atoms with Gasteiger partial charge in [0.25, 0.3) is 5.91 Å². The van der Waals surface area contributed by atoms with E-state index in [1.54, 1.807) is 11.3 Å². The number of thiophene rings is 1. The van der Waals surface area contributed by atoms with E-state index in [1.165, 1.54) is 6.07 Å². The number of hydrogen-bond acceptors (Lipinski definition) is 5. The first-order chi connectivity index (χ1) is 9.13. The van der Waals surface area contributed by atoms with Gasteiger partial charge in [-0.1, -0.05) is 0 Å². The van der Waals surface area contributed by atoms with Gasteiger partial charge in [0.15, 0.2) is 0 Å². The summed E-state index contributed by atoms with van der Waals surface area (Å²) in [6.07, 6.45) is 0.396. The van der Waals surface area contributed by atoms with Crippen LogP contribution >= 0.6 is 11.3 Å². The number of carbonyl (C=O) groups excluding carboxylic acids is 2. The lowest BCUT2D eigenvalue weighted by molar-refractivity contribution is -0.120. The Balaban J connectivity index is 2.12. The van der Waals surface area contributed by atoms with Crippen molar-refractivity contribution in [1.29, 1.82) is 0 Å². The van der Waals surface area contributed by atoms with Gasteiger partial charge in [-0.3, -0.25) is 14.9 Å². The topological polar surface area (TPSA) is 76.4 Å². The molecule has 3 rings (SSSR count). The predicted molar refractivity (Wildman–Crippen MR) is 68.3 cm³/mol. The summed E-state index contributed by atoms with van der Waals surface area (Å²) in [6.45, 7) is 0. The van der Waals surface area contributed by atoms with Gasteiger partial charge in [0.1, 0.15) is 5.76 Å². The Bertz CT molecular complexity index is 715. The molecule has 0 bridgehead atoms. The highest BCUT2D eigenvalue weighted by atomic mass is 32.1. The largest absolute Gasteiger partial charge is 0.426 e. The first-order valence-electron chi connectivity index (χ1n) is 5.64. The molecule has 0 atom stereocenters. The van der Waals surface area contributed by atoms with Gasteiger partial charge in [0.05, 0.1) is 12.0 Å². The molecular weight excluding hydrogens is 266 g/mol. The monoisotopic (exact) mass is 275 g/mol. The molecule has 0 radical (unpaired) electrons. The molecule has 1 aliphatic heterocycles. The van der Waals surface area contributed by atoms with E-state index in [9.17, 15) is 14.4 Å². The summed E-state index contributed by atoms with van der Waals surface area (Å²) >= 11 is 1.55. The lowest BCUT2D eigenvalue weighted by atomic mass is 9.97. The standard InChI is InChI=1S/C13H9NO4S/c15-10-5-9-12(13(17)14-10)8(4-11(16)18-9)3-7-1-2-19-6-7/h1-2,4,6H,3,5H2,(H,14,15,17). The molecule has 6 heteroatoms. The van der Waals surface area contributed by atoms with E-state index in [0.29, 0.717) is 17.5 Å². The van der Waals surface area contributed by atoms with Crippen molar-refractivity contribution in [3.63, 3.8) is 0 Å². The summed E-state index contributed by atoms with van der Waals surface area (Å²) in [6, 6.07) is 3.24. The van der Waals surface area contributed by atoms with Crippen molar-refractivity contribution in [2.75, 3.05) is 0 Å². The van der Waals surface area contributed by atoms with Crippen molar-refractivity contribution < 1.29 is 14.0 Å². The minimum absolute atomic E-state index is 0.0756.